The van der Waals surface area contributed by atoms with Crippen LogP contribution in [0.4, 0.5) is 16.2 Å². The molecule has 1 heterocycles. The molecule has 33 heavy (non-hydrogen) atoms. The second-order valence-electron chi connectivity index (χ2n) is 7.39. The van der Waals surface area contributed by atoms with Crippen molar-refractivity contribution in [1.82, 2.24) is 10.2 Å². The van der Waals surface area contributed by atoms with Crippen LogP contribution in [0.1, 0.15) is 17.0 Å². The standard InChI is InChI=1S/C25H24N4O4/c1-16-7-9-17(10-8-16)13-23-28-29-24(33-23)18-5-4-6-19(14-18)26-25(30)27-20-11-12-21(31-2)22(15-20)32-3/h4-12,14-15H,13H2,1-3H3,(H2,26,27,30). The van der Waals surface area contributed by atoms with E-state index >= 15 is 0 Å². The fraction of sp³-hybridized carbons (Fsp3) is 0.160. The summed E-state index contributed by atoms with van der Waals surface area (Å²) in [5.74, 6) is 2.02. The molecule has 1 aromatic heterocycles. The number of hydrogen-bond acceptors (Lipinski definition) is 6. The first-order valence-electron chi connectivity index (χ1n) is 10.3. The highest BCUT2D eigenvalue weighted by atomic mass is 16.5. The molecular weight excluding hydrogens is 420 g/mol. The Morgan fingerprint density at radius 3 is 2.33 bits per heavy atom. The van der Waals surface area contributed by atoms with Crippen LogP contribution in [-0.4, -0.2) is 30.4 Å². The molecule has 0 radical (unpaired) electrons. The maximum absolute atomic E-state index is 12.5. The van der Waals surface area contributed by atoms with E-state index in [1.165, 1.54) is 12.7 Å². The quantitative estimate of drug-likeness (QED) is 0.402. The Labute approximate surface area is 191 Å². The Bertz CT molecular complexity index is 1250. The van der Waals surface area contributed by atoms with Crippen LogP contribution >= 0.6 is 0 Å². The van der Waals surface area contributed by atoms with Gasteiger partial charge in [0.15, 0.2) is 11.5 Å². The summed E-state index contributed by atoms with van der Waals surface area (Å²) in [6.07, 6.45) is 0.555. The molecule has 4 rings (SSSR count). The van der Waals surface area contributed by atoms with Gasteiger partial charge >= 0.3 is 6.03 Å². The van der Waals surface area contributed by atoms with Crippen molar-refractivity contribution < 1.29 is 18.7 Å². The lowest BCUT2D eigenvalue weighted by molar-refractivity contribution is 0.262. The van der Waals surface area contributed by atoms with Gasteiger partial charge in [-0.25, -0.2) is 4.79 Å². The zero-order chi connectivity index (χ0) is 23.2. The second kappa shape index (κ2) is 9.86. The molecule has 0 saturated heterocycles. The number of rotatable bonds is 7. The third-order valence-corrected chi connectivity index (χ3v) is 4.95. The van der Waals surface area contributed by atoms with Crippen molar-refractivity contribution in [2.45, 2.75) is 13.3 Å². The summed E-state index contributed by atoms with van der Waals surface area (Å²) in [5, 5.41) is 13.9. The highest BCUT2D eigenvalue weighted by molar-refractivity contribution is 6.00. The molecule has 0 spiro atoms. The van der Waals surface area contributed by atoms with Gasteiger partial charge in [-0.2, -0.15) is 0 Å². The Hall–Kier alpha value is -4.33. The van der Waals surface area contributed by atoms with Crippen molar-refractivity contribution in [2.24, 2.45) is 0 Å². The van der Waals surface area contributed by atoms with Gasteiger partial charge in [0.25, 0.3) is 0 Å². The van der Waals surface area contributed by atoms with Crippen molar-refractivity contribution in [2.75, 3.05) is 24.9 Å². The molecule has 3 aromatic carbocycles. The van der Waals surface area contributed by atoms with Gasteiger partial charge in [-0.15, -0.1) is 10.2 Å². The summed E-state index contributed by atoms with van der Waals surface area (Å²) in [6, 6.07) is 20.1. The smallest absolute Gasteiger partial charge is 0.323 e. The minimum Gasteiger partial charge on any atom is -0.493 e. The molecule has 0 saturated carbocycles. The lowest BCUT2D eigenvalue weighted by atomic mass is 10.1. The van der Waals surface area contributed by atoms with Crippen molar-refractivity contribution in [3.05, 3.63) is 83.7 Å². The number of aromatic nitrogens is 2. The number of ether oxygens (including phenoxy) is 2. The summed E-state index contributed by atoms with van der Waals surface area (Å²) >= 11 is 0. The largest absolute Gasteiger partial charge is 0.493 e. The van der Waals surface area contributed by atoms with Crippen molar-refractivity contribution in [3.8, 4) is 23.0 Å². The summed E-state index contributed by atoms with van der Waals surface area (Å²) < 4.78 is 16.3. The number of nitrogens with one attached hydrogen (secondary N) is 2. The number of amides is 2. The molecule has 2 amide bonds. The third kappa shape index (κ3) is 5.48. The zero-order valence-electron chi connectivity index (χ0n) is 18.6. The number of methoxy groups -OCH3 is 2. The maximum atomic E-state index is 12.5. The van der Waals surface area contributed by atoms with Gasteiger partial charge < -0.3 is 24.5 Å². The van der Waals surface area contributed by atoms with Crippen LogP contribution in [0.5, 0.6) is 11.5 Å². The first-order valence-corrected chi connectivity index (χ1v) is 10.3. The average molecular weight is 444 g/mol. The van der Waals surface area contributed by atoms with E-state index in [-0.39, 0.29) is 0 Å². The fourth-order valence-corrected chi connectivity index (χ4v) is 3.26. The Morgan fingerprint density at radius 1 is 0.879 bits per heavy atom. The van der Waals surface area contributed by atoms with Crippen LogP contribution in [0.25, 0.3) is 11.5 Å². The zero-order valence-corrected chi connectivity index (χ0v) is 18.6. The van der Waals surface area contributed by atoms with E-state index in [4.69, 9.17) is 13.9 Å². The molecule has 0 aliphatic heterocycles. The predicted octanol–water partition coefficient (Wildman–Crippen LogP) is 5.30. The lowest BCUT2D eigenvalue weighted by Gasteiger charge is -2.11. The molecule has 8 nitrogen and oxygen atoms in total. The van der Waals surface area contributed by atoms with E-state index in [9.17, 15) is 4.79 Å². The Balaban J connectivity index is 1.42. The summed E-state index contributed by atoms with van der Waals surface area (Å²) in [4.78, 5) is 12.5. The van der Waals surface area contributed by atoms with Gasteiger partial charge in [0.05, 0.1) is 20.6 Å². The Kier molecular flexibility index (Phi) is 6.54. The molecule has 0 fully saturated rings. The van der Waals surface area contributed by atoms with Crippen molar-refractivity contribution in [3.63, 3.8) is 0 Å². The monoisotopic (exact) mass is 444 g/mol. The van der Waals surface area contributed by atoms with Gasteiger partial charge in [0.1, 0.15) is 0 Å². The van der Waals surface area contributed by atoms with E-state index in [0.717, 1.165) is 5.56 Å². The first-order chi connectivity index (χ1) is 16.0. The van der Waals surface area contributed by atoms with Crippen LogP contribution in [-0.2, 0) is 6.42 Å². The number of hydrogen-bond donors (Lipinski definition) is 2. The summed E-state index contributed by atoms with van der Waals surface area (Å²) in [5.41, 5.74) is 4.16. The van der Waals surface area contributed by atoms with Crippen molar-refractivity contribution >= 4 is 17.4 Å². The van der Waals surface area contributed by atoms with E-state index < -0.39 is 6.03 Å². The third-order valence-electron chi connectivity index (χ3n) is 4.95. The number of carbonyl (C=O) groups excluding carboxylic acids is 1. The molecule has 4 aromatic rings. The lowest BCUT2D eigenvalue weighted by Crippen LogP contribution is -2.19. The number of anilines is 2. The van der Waals surface area contributed by atoms with Gasteiger partial charge in [-0.3, -0.25) is 0 Å². The molecule has 0 aliphatic carbocycles. The minimum atomic E-state index is -0.398. The van der Waals surface area contributed by atoms with E-state index in [1.807, 2.05) is 31.2 Å². The number of nitrogens with zero attached hydrogens (tertiary/aromatic N) is 2. The van der Waals surface area contributed by atoms with E-state index in [0.29, 0.717) is 46.6 Å². The normalized spacial score (nSPS) is 10.5. The minimum absolute atomic E-state index is 0.390. The molecule has 0 unspecified atom stereocenters. The molecule has 0 atom stereocenters. The van der Waals surface area contributed by atoms with E-state index in [2.05, 4.69) is 33.0 Å². The number of carbonyl (C=O) groups is 1. The van der Waals surface area contributed by atoms with Gasteiger partial charge in [0.2, 0.25) is 11.8 Å². The molecule has 0 aliphatic rings. The average Bonchev–Trinajstić information content (AvgIpc) is 3.29. The molecule has 8 heteroatoms. The van der Waals surface area contributed by atoms with Crippen LogP contribution in [0.2, 0.25) is 0 Å². The molecule has 2 N–H and O–H groups in total. The number of urea groups is 1. The number of aryl methyl sites for hydroxylation is 1. The molecule has 168 valence electrons. The predicted molar refractivity (Wildman–Crippen MR) is 126 cm³/mol. The van der Waals surface area contributed by atoms with Gasteiger partial charge in [0, 0.05) is 23.0 Å². The highest BCUT2D eigenvalue weighted by Gasteiger charge is 2.12. The fourth-order valence-electron chi connectivity index (χ4n) is 3.26. The van der Waals surface area contributed by atoms with Gasteiger partial charge in [-0.05, 0) is 42.8 Å². The Morgan fingerprint density at radius 2 is 1.61 bits per heavy atom. The summed E-state index contributed by atoms with van der Waals surface area (Å²) in [6.45, 7) is 2.05. The van der Waals surface area contributed by atoms with Crippen LogP contribution in [0.3, 0.4) is 0 Å². The van der Waals surface area contributed by atoms with E-state index in [1.54, 1.807) is 37.4 Å². The molecular formula is C25H24N4O4. The second-order valence-corrected chi connectivity index (χ2v) is 7.39. The van der Waals surface area contributed by atoms with Crippen LogP contribution < -0.4 is 20.1 Å². The maximum Gasteiger partial charge on any atom is 0.323 e. The molecule has 0 bridgehead atoms. The van der Waals surface area contributed by atoms with Crippen LogP contribution in [0.15, 0.2) is 71.1 Å². The highest BCUT2D eigenvalue weighted by Crippen LogP contribution is 2.30. The van der Waals surface area contributed by atoms with Gasteiger partial charge in [-0.1, -0.05) is 35.9 Å². The van der Waals surface area contributed by atoms with Crippen molar-refractivity contribution in [1.29, 1.82) is 0 Å². The SMILES string of the molecule is COc1ccc(NC(=O)Nc2cccc(-c3nnc(Cc4ccc(C)cc4)o3)c2)cc1OC. The van der Waals surface area contributed by atoms with Crippen LogP contribution in [0, 0.1) is 6.92 Å². The first kappa shape index (κ1) is 21.9. The summed E-state index contributed by atoms with van der Waals surface area (Å²) in [7, 11) is 3.09. The number of benzene rings is 3. The topological polar surface area (TPSA) is 98.5 Å².